The fourth-order valence-corrected chi connectivity index (χ4v) is 4.70. The van der Waals surface area contributed by atoms with Crippen LogP contribution in [0.1, 0.15) is 49.1 Å². The molecule has 2 heterocycles. The number of ether oxygens (including phenoxy) is 1. The standard InChI is InChI=1S/C24H30ClN5O5/c1-30(23(33)20-27-16-7-3-6-15(25)19(16)29-20)18(11-13-8-9-13)22(32)28-17(24(34)35-2)12-14-5-4-10-26-21(14)31/h3,6-7,13-14,17-18H,4-5,8-12H2,1-2H3,(H,26,31)(H,27,29)(H,28,32)/t14-,17?,18?/m0/s1. The summed E-state index contributed by atoms with van der Waals surface area (Å²) in [6, 6.07) is 3.40. The quantitative estimate of drug-likeness (QED) is 0.448. The van der Waals surface area contributed by atoms with E-state index in [0.717, 1.165) is 19.3 Å². The Morgan fingerprint density at radius 3 is 2.69 bits per heavy atom. The van der Waals surface area contributed by atoms with Gasteiger partial charge < -0.3 is 25.3 Å². The number of halogens is 1. The Balaban J connectivity index is 1.51. The summed E-state index contributed by atoms with van der Waals surface area (Å²) in [5, 5.41) is 5.96. The number of nitrogens with one attached hydrogen (secondary N) is 3. The van der Waals surface area contributed by atoms with E-state index in [4.69, 9.17) is 16.3 Å². The first-order chi connectivity index (χ1) is 16.8. The number of H-pyrrole nitrogens is 1. The van der Waals surface area contributed by atoms with Gasteiger partial charge in [-0.15, -0.1) is 0 Å². The Morgan fingerprint density at radius 1 is 1.26 bits per heavy atom. The molecule has 0 bridgehead atoms. The third-order valence-corrected chi connectivity index (χ3v) is 7.04. The lowest BCUT2D eigenvalue weighted by Crippen LogP contribution is -2.53. The fraction of sp³-hybridized carbons (Fsp3) is 0.542. The number of hydrogen-bond donors (Lipinski definition) is 3. The molecular weight excluding hydrogens is 474 g/mol. The molecule has 1 aliphatic heterocycles. The molecule has 0 radical (unpaired) electrons. The Morgan fingerprint density at radius 2 is 2.03 bits per heavy atom. The lowest BCUT2D eigenvalue weighted by molar-refractivity contribution is -0.146. The van der Waals surface area contributed by atoms with E-state index in [1.165, 1.54) is 12.0 Å². The number of aromatic amines is 1. The summed E-state index contributed by atoms with van der Waals surface area (Å²) >= 11 is 6.19. The first-order valence-corrected chi connectivity index (χ1v) is 12.2. The number of benzene rings is 1. The second kappa shape index (κ2) is 10.6. The third-order valence-electron chi connectivity index (χ3n) is 6.73. The van der Waals surface area contributed by atoms with Crippen LogP contribution in [-0.2, 0) is 19.1 Å². The number of likely N-dealkylation sites (N-methyl/N-ethyl adjacent to an activating group) is 1. The number of rotatable bonds is 9. The van der Waals surface area contributed by atoms with Gasteiger partial charge in [-0.1, -0.05) is 30.5 Å². The Labute approximate surface area is 208 Å². The highest BCUT2D eigenvalue weighted by atomic mass is 35.5. The van der Waals surface area contributed by atoms with E-state index in [1.54, 1.807) is 25.2 Å². The zero-order chi connectivity index (χ0) is 25.1. The second-order valence-corrected chi connectivity index (χ2v) is 9.69. The van der Waals surface area contributed by atoms with Crippen LogP contribution in [0.2, 0.25) is 5.02 Å². The van der Waals surface area contributed by atoms with Gasteiger partial charge in [-0.25, -0.2) is 9.78 Å². The van der Waals surface area contributed by atoms with Gasteiger partial charge in [0.15, 0.2) is 5.82 Å². The Hall–Kier alpha value is -3.14. The van der Waals surface area contributed by atoms with Crippen LogP contribution in [0.25, 0.3) is 11.0 Å². The van der Waals surface area contributed by atoms with Crippen LogP contribution in [-0.4, -0.2) is 71.3 Å². The summed E-state index contributed by atoms with van der Waals surface area (Å²) in [5.74, 6) is -1.67. The maximum Gasteiger partial charge on any atom is 0.328 e. The molecule has 2 aliphatic rings. The summed E-state index contributed by atoms with van der Waals surface area (Å²) in [5.41, 5.74) is 1.10. The van der Waals surface area contributed by atoms with Crippen molar-refractivity contribution in [3.05, 3.63) is 29.0 Å². The summed E-state index contributed by atoms with van der Waals surface area (Å²) in [6.07, 6.45) is 4.01. The van der Waals surface area contributed by atoms with Crippen molar-refractivity contribution in [2.24, 2.45) is 11.8 Å². The van der Waals surface area contributed by atoms with E-state index < -0.39 is 35.8 Å². The van der Waals surface area contributed by atoms with Crippen LogP contribution in [0.15, 0.2) is 18.2 Å². The smallest absolute Gasteiger partial charge is 0.328 e. The molecule has 2 unspecified atom stereocenters. The van der Waals surface area contributed by atoms with Gasteiger partial charge in [0.25, 0.3) is 5.91 Å². The number of nitrogens with zero attached hydrogens (tertiary/aromatic N) is 2. The first kappa shape index (κ1) is 25.0. The molecule has 11 heteroatoms. The molecule has 2 fully saturated rings. The number of aromatic nitrogens is 2. The van der Waals surface area contributed by atoms with Crippen molar-refractivity contribution in [3.8, 4) is 0 Å². The largest absolute Gasteiger partial charge is 0.467 e. The minimum absolute atomic E-state index is 0.0765. The van der Waals surface area contributed by atoms with E-state index in [1.807, 2.05) is 0 Å². The molecule has 188 valence electrons. The van der Waals surface area contributed by atoms with Gasteiger partial charge >= 0.3 is 5.97 Å². The fourth-order valence-electron chi connectivity index (χ4n) is 4.49. The SMILES string of the molecule is COC(=O)C(C[C@@H]1CCCNC1=O)NC(=O)C(CC1CC1)N(C)C(=O)c1nc2c(Cl)cccc2[nH]1. The number of methoxy groups -OCH3 is 1. The number of para-hydroxylation sites is 1. The molecule has 1 aliphatic carbocycles. The normalized spacial score (nSPS) is 19.5. The molecule has 3 N–H and O–H groups in total. The van der Waals surface area contributed by atoms with Crippen molar-refractivity contribution in [2.75, 3.05) is 20.7 Å². The minimum atomic E-state index is -0.989. The van der Waals surface area contributed by atoms with E-state index >= 15 is 0 Å². The highest BCUT2D eigenvalue weighted by molar-refractivity contribution is 6.35. The van der Waals surface area contributed by atoms with Crippen LogP contribution < -0.4 is 10.6 Å². The van der Waals surface area contributed by atoms with E-state index in [9.17, 15) is 19.2 Å². The zero-order valence-corrected chi connectivity index (χ0v) is 20.6. The van der Waals surface area contributed by atoms with Crippen molar-refractivity contribution < 1.29 is 23.9 Å². The number of carbonyl (C=O) groups is 4. The van der Waals surface area contributed by atoms with Crippen molar-refractivity contribution >= 4 is 46.3 Å². The number of fused-ring (bicyclic) bond motifs is 1. The molecule has 1 aromatic carbocycles. The number of amides is 3. The highest BCUT2D eigenvalue weighted by Crippen LogP contribution is 2.35. The Bertz CT molecular complexity index is 1130. The minimum Gasteiger partial charge on any atom is -0.467 e. The zero-order valence-electron chi connectivity index (χ0n) is 19.8. The number of piperidine rings is 1. The average molecular weight is 504 g/mol. The van der Waals surface area contributed by atoms with Crippen molar-refractivity contribution in [1.82, 2.24) is 25.5 Å². The average Bonchev–Trinajstić information content (AvgIpc) is 3.57. The molecule has 3 amide bonds. The third kappa shape index (κ3) is 5.75. The lowest BCUT2D eigenvalue weighted by atomic mass is 9.91. The van der Waals surface area contributed by atoms with E-state index in [2.05, 4.69) is 20.6 Å². The van der Waals surface area contributed by atoms with Crippen LogP contribution in [0.3, 0.4) is 0 Å². The van der Waals surface area contributed by atoms with Crippen LogP contribution in [0.4, 0.5) is 0 Å². The molecule has 4 rings (SSSR count). The topological polar surface area (TPSA) is 133 Å². The monoisotopic (exact) mass is 503 g/mol. The number of imidazole rings is 1. The lowest BCUT2D eigenvalue weighted by Gasteiger charge is -2.30. The van der Waals surface area contributed by atoms with Gasteiger partial charge in [0, 0.05) is 19.5 Å². The van der Waals surface area contributed by atoms with E-state index in [-0.39, 0.29) is 18.2 Å². The maximum absolute atomic E-state index is 13.4. The van der Waals surface area contributed by atoms with Crippen molar-refractivity contribution in [1.29, 1.82) is 0 Å². The predicted octanol–water partition coefficient (Wildman–Crippen LogP) is 2.03. The van der Waals surface area contributed by atoms with Gasteiger partial charge in [-0.2, -0.15) is 0 Å². The second-order valence-electron chi connectivity index (χ2n) is 9.28. The van der Waals surface area contributed by atoms with Gasteiger partial charge in [-0.3, -0.25) is 14.4 Å². The molecular formula is C24H30ClN5O5. The van der Waals surface area contributed by atoms with Crippen molar-refractivity contribution in [3.63, 3.8) is 0 Å². The highest BCUT2D eigenvalue weighted by Gasteiger charge is 2.38. The molecule has 3 atom stereocenters. The van der Waals surface area contributed by atoms with Gasteiger partial charge in [-0.05, 0) is 43.7 Å². The molecule has 10 nitrogen and oxygen atoms in total. The summed E-state index contributed by atoms with van der Waals surface area (Å²) < 4.78 is 4.89. The van der Waals surface area contributed by atoms with Crippen LogP contribution >= 0.6 is 11.6 Å². The summed E-state index contributed by atoms with van der Waals surface area (Å²) in [6.45, 7) is 0.605. The number of esters is 1. The summed E-state index contributed by atoms with van der Waals surface area (Å²) in [7, 11) is 2.79. The van der Waals surface area contributed by atoms with Gasteiger partial charge in [0.2, 0.25) is 11.8 Å². The molecule has 0 spiro atoms. The van der Waals surface area contributed by atoms with Crippen LogP contribution in [0, 0.1) is 11.8 Å². The predicted molar refractivity (Wildman–Crippen MR) is 129 cm³/mol. The van der Waals surface area contributed by atoms with Crippen molar-refractivity contribution in [2.45, 2.75) is 50.6 Å². The van der Waals surface area contributed by atoms with E-state index in [0.29, 0.717) is 41.4 Å². The Kier molecular flexibility index (Phi) is 7.59. The molecule has 35 heavy (non-hydrogen) atoms. The van der Waals surface area contributed by atoms with Gasteiger partial charge in [0.05, 0.1) is 17.6 Å². The molecule has 2 aromatic rings. The van der Waals surface area contributed by atoms with Crippen LogP contribution in [0.5, 0.6) is 0 Å². The number of hydrogen-bond acceptors (Lipinski definition) is 6. The maximum atomic E-state index is 13.4. The molecule has 1 saturated carbocycles. The first-order valence-electron chi connectivity index (χ1n) is 11.9. The number of carbonyl (C=O) groups excluding carboxylic acids is 4. The summed E-state index contributed by atoms with van der Waals surface area (Å²) in [4.78, 5) is 60.0. The molecule has 1 saturated heterocycles. The van der Waals surface area contributed by atoms with Gasteiger partial charge in [0.1, 0.15) is 17.6 Å². The molecule has 1 aromatic heterocycles.